The summed E-state index contributed by atoms with van der Waals surface area (Å²) >= 11 is 13.6. The summed E-state index contributed by atoms with van der Waals surface area (Å²) in [6.45, 7) is 0. The minimum Gasteiger partial charge on any atom is -0.388 e. The van der Waals surface area contributed by atoms with Crippen molar-refractivity contribution in [2.45, 2.75) is 12.5 Å². The van der Waals surface area contributed by atoms with Gasteiger partial charge in [0.25, 0.3) is 0 Å². The number of halogens is 3. The minimum absolute atomic E-state index is 0.466. The highest BCUT2D eigenvalue weighted by Gasteiger charge is 2.16. The lowest BCUT2D eigenvalue weighted by molar-refractivity contribution is 0.179. The smallest absolute Gasteiger partial charge is 0.0858 e. The molecule has 2 aromatic heterocycles. The Morgan fingerprint density at radius 1 is 1.31 bits per heavy atom. The van der Waals surface area contributed by atoms with Crippen LogP contribution in [0.2, 0.25) is 0 Å². The van der Waals surface area contributed by atoms with Crippen molar-refractivity contribution >= 4 is 70.5 Å². The Kier molecular flexibility index (Phi) is 4.66. The van der Waals surface area contributed by atoms with E-state index in [2.05, 4.69) is 47.8 Å². The lowest BCUT2D eigenvalue weighted by atomic mass is 10.1. The van der Waals surface area contributed by atoms with Gasteiger partial charge in [0.1, 0.15) is 0 Å². The minimum atomic E-state index is -0.466. The fraction of sp³-hybridized carbons (Fsp3) is 0.200. The first-order valence-electron chi connectivity index (χ1n) is 4.42. The standard InChI is InChI=1S/C10H7Br3OS2/c11-6-1-2-15-8(6)4-7(14)5-3-9(12)16-10(5)13/h1-3,7,14H,4H2. The van der Waals surface area contributed by atoms with E-state index in [0.29, 0.717) is 6.42 Å². The summed E-state index contributed by atoms with van der Waals surface area (Å²) in [5.41, 5.74) is 0.942. The van der Waals surface area contributed by atoms with Crippen molar-refractivity contribution in [1.82, 2.24) is 0 Å². The van der Waals surface area contributed by atoms with Crippen molar-refractivity contribution in [3.8, 4) is 0 Å². The van der Waals surface area contributed by atoms with E-state index in [0.717, 1.165) is 17.6 Å². The molecule has 0 aliphatic heterocycles. The Balaban J connectivity index is 2.17. The second kappa shape index (κ2) is 5.63. The maximum Gasteiger partial charge on any atom is 0.0858 e. The molecule has 0 fully saturated rings. The van der Waals surface area contributed by atoms with E-state index in [9.17, 15) is 5.11 Å². The number of hydrogen-bond donors (Lipinski definition) is 1. The van der Waals surface area contributed by atoms with E-state index < -0.39 is 6.10 Å². The molecule has 0 saturated carbocycles. The van der Waals surface area contributed by atoms with E-state index in [4.69, 9.17) is 0 Å². The summed E-state index contributed by atoms with van der Waals surface area (Å²) < 4.78 is 3.08. The average Bonchev–Trinajstić information content (AvgIpc) is 2.74. The molecule has 2 aromatic rings. The quantitative estimate of drug-likeness (QED) is 0.671. The van der Waals surface area contributed by atoms with Crippen molar-refractivity contribution < 1.29 is 5.11 Å². The zero-order valence-corrected chi connectivity index (χ0v) is 14.3. The van der Waals surface area contributed by atoms with Gasteiger partial charge < -0.3 is 5.11 Å². The third-order valence-corrected chi connectivity index (χ3v) is 6.45. The lowest BCUT2D eigenvalue weighted by Gasteiger charge is -2.08. The number of rotatable bonds is 3. The molecule has 16 heavy (non-hydrogen) atoms. The molecule has 6 heteroatoms. The van der Waals surface area contributed by atoms with Crippen LogP contribution in [0.3, 0.4) is 0 Å². The van der Waals surface area contributed by atoms with Crippen LogP contribution in [-0.4, -0.2) is 5.11 Å². The molecule has 86 valence electrons. The van der Waals surface area contributed by atoms with Gasteiger partial charge >= 0.3 is 0 Å². The largest absolute Gasteiger partial charge is 0.388 e. The van der Waals surface area contributed by atoms with Crippen LogP contribution in [0, 0.1) is 0 Å². The first kappa shape index (κ1) is 13.2. The van der Waals surface area contributed by atoms with Crippen LogP contribution in [0.25, 0.3) is 0 Å². The van der Waals surface area contributed by atoms with Gasteiger partial charge in [0.15, 0.2) is 0 Å². The summed E-state index contributed by atoms with van der Waals surface area (Å²) in [7, 11) is 0. The molecule has 0 bridgehead atoms. The van der Waals surface area contributed by atoms with Crippen LogP contribution in [-0.2, 0) is 6.42 Å². The highest BCUT2D eigenvalue weighted by molar-refractivity contribution is 9.12. The SMILES string of the molecule is OC(Cc1sccc1Br)c1cc(Br)sc1Br. The predicted molar refractivity (Wildman–Crippen MR) is 80.4 cm³/mol. The Morgan fingerprint density at radius 2 is 2.06 bits per heavy atom. The van der Waals surface area contributed by atoms with Gasteiger partial charge in [0.05, 0.1) is 13.7 Å². The molecule has 0 radical (unpaired) electrons. The van der Waals surface area contributed by atoms with E-state index in [-0.39, 0.29) is 0 Å². The third kappa shape index (κ3) is 2.97. The molecule has 0 aromatic carbocycles. The van der Waals surface area contributed by atoms with Crippen LogP contribution in [0.4, 0.5) is 0 Å². The summed E-state index contributed by atoms with van der Waals surface area (Å²) in [6, 6.07) is 3.96. The molecule has 1 atom stereocenters. The lowest BCUT2D eigenvalue weighted by Crippen LogP contribution is -1.99. The zero-order valence-electron chi connectivity index (χ0n) is 7.91. The van der Waals surface area contributed by atoms with Gasteiger partial charge in [0.2, 0.25) is 0 Å². The maximum atomic E-state index is 10.2. The molecule has 1 nitrogen and oxygen atoms in total. The third-order valence-electron chi connectivity index (χ3n) is 2.11. The Hall–Kier alpha value is 0.800. The molecule has 2 heterocycles. The van der Waals surface area contributed by atoms with Gasteiger partial charge in [-0.1, -0.05) is 0 Å². The summed E-state index contributed by atoms with van der Waals surface area (Å²) in [5, 5.41) is 12.2. The topological polar surface area (TPSA) is 20.2 Å². The van der Waals surface area contributed by atoms with E-state index in [1.807, 2.05) is 17.5 Å². The predicted octanol–water partition coefficient (Wildman–Crippen LogP) is 5.37. The van der Waals surface area contributed by atoms with Gasteiger partial charge in [-0.2, -0.15) is 0 Å². The van der Waals surface area contributed by atoms with Crippen molar-refractivity contribution in [2.24, 2.45) is 0 Å². The molecule has 2 rings (SSSR count). The summed E-state index contributed by atoms with van der Waals surface area (Å²) in [4.78, 5) is 1.17. The van der Waals surface area contributed by atoms with Crippen molar-refractivity contribution in [3.63, 3.8) is 0 Å². The molecule has 0 aliphatic rings. The van der Waals surface area contributed by atoms with Gasteiger partial charge in [-0.05, 0) is 65.3 Å². The molecule has 0 saturated heterocycles. The molecule has 1 unspecified atom stereocenters. The first-order valence-corrected chi connectivity index (χ1v) is 8.50. The van der Waals surface area contributed by atoms with Crippen LogP contribution in [0.5, 0.6) is 0 Å². The second-order valence-corrected chi connectivity index (χ2v) is 8.80. The van der Waals surface area contributed by atoms with Gasteiger partial charge in [0, 0.05) is 21.3 Å². The van der Waals surface area contributed by atoms with Gasteiger partial charge in [-0.15, -0.1) is 22.7 Å². The highest BCUT2D eigenvalue weighted by atomic mass is 79.9. The summed E-state index contributed by atoms with van der Waals surface area (Å²) in [6.07, 6.45) is 0.173. The molecular formula is C10H7Br3OS2. The molecule has 0 spiro atoms. The Labute approximate surface area is 127 Å². The number of hydrogen-bond acceptors (Lipinski definition) is 3. The van der Waals surface area contributed by atoms with Gasteiger partial charge in [-0.25, -0.2) is 0 Å². The Morgan fingerprint density at radius 3 is 2.56 bits per heavy atom. The van der Waals surface area contributed by atoms with E-state index in [1.165, 1.54) is 4.88 Å². The molecular weight excluding hydrogens is 440 g/mol. The van der Waals surface area contributed by atoms with Crippen LogP contribution in [0.1, 0.15) is 16.5 Å². The van der Waals surface area contributed by atoms with E-state index >= 15 is 0 Å². The fourth-order valence-electron chi connectivity index (χ4n) is 1.34. The molecule has 0 amide bonds. The highest BCUT2D eigenvalue weighted by Crippen LogP contribution is 2.37. The van der Waals surface area contributed by atoms with Crippen LogP contribution < -0.4 is 0 Å². The zero-order chi connectivity index (χ0) is 11.7. The summed E-state index contributed by atoms with van der Waals surface area (Å²) in [5.74, 6) is 0. The van der Waals surface area contributed by atoms with Crippen LogP contribution >= 0.6 is 70.5 Å². The monoisotopic (exact) mass is 444 g/mol. The second-order valence-electron chi connectivity index (χ2n) is 3.19. The number of aliphatic hydroxyl groups is 1. The number of thiophene rings is 2. The van der Waals surface area contributed by atoms with Crippen molar-refractivity contribution in [3.05, 3.63) is 40.0 Å². The Bertz CT molecular complexity index is 492. The first-order chi connectivity index (χ1) is 7.58. The normalized spacial score (nSPS) is 13.0. The van der Waals surface area contributed by atoms with Crippen LogP contribution in [0.15, 0.2) is 29.6 Å². The molecule has 0 aliphatic carbocycles. The molecule has 1 N–H and O–H groups in total. The van der Waals surface area contributed by atoms with Crippen molar-refractivity contribution in [1.29, 1.82) is 0 Å². The van der Waals surface area contributed by atoms with Crippen molar-refractivity contribution in [2.75, 3.05) is 0 Å². The van der Waals surface area contributed by atoms with E-state index in [1.54, 1.807) is 22.7 Å². The van der Waals surface area contributed by atoms with Gasteiger partial charge in [-0.3, -0.25) is 0 Å². The fourth-order valence-corrected chi connectivity index (χ4v) is 5.84. The maximum absolute atomic E-state index is 10.2. The average molecular weight is 447 g/mol. The number of aliphatic hydroxyl groups excluding tert-OH is 1.